The molecule has 2 N–H and O–H groups in total. The zero-order chi connectivity index (χ0) is 17.2. The highest BCUT2D eigenvalue weighted by atomic mass is 16.3. The third-order valence-electron chi connectivity index (χ3n) is 5.21. The lowest BCUT2D eigenvalue weighted by Crippen LogP contribution is -2.48. The minimum atomic E-state index is -1.23. The molecule has 1 aromatic rings. The van der Waals surface area contributed by atoms with Crippen LogP contribution in [0.15, 0.2) is 24.3 Å². The van der Waals surface area contributed by atoms with Crippen LogP contribution in [0.5, 0.6) is 0 Å². The molecule has 0 spiro atoms. The quantitative estimate of drug-likeness (QED) is 0.892. The zero-order valence-corrected chi connectivity index (χ0v) is 14.3. The van der Waals surface area contributed by atoms with E-state index in [2.05, 4.69) is 5.32 Å². The van der Waals surface area contributed by atoms with Gasteiger partial charge in [0.15, 0.2) is 0 Å². The van der Waals surface area contributed by atoms with E-state index in [9.17, 15) is 14.7 Å². The summed E-state index contributed by atoms with van der Waals surface area (Å²) in [6.45, 7) is 2.66. The molecule has 0 radical (unpaired) electrons. The average molecular weight is 330 g/mol. The van der Waals surface area contributed by atoms with Crippen molar-refractivity contribution >= 4 is 17.5 Å². The van der Waals surface area contributed by atoms with Crippen LogP contribution in [0.3, 0.4) is 0 Å². The van der Waals surface area contributed by atoms with Crippen LogP contribution in [0.4, 0.5) is 5.69 Å². The standard InChI is InChI=1S/C19H26N2O3/c1-14(20-18(23)19(24)10-3-2-4-11-19)15-7-5-8-16(13-15)21-12-6-9-17(21)22/h5,7-8,13-14,24H,2-4,6,9-12H2,1H3,(H,20,23). The van der Waals surface area contributed by atoms with E-state index in [0.29, 0.717) is 19.3 Å². The number of nitrogens with one attached hydrogen (secondary N) is 1. The Morgan fingerprint density at radius 1 is 1.25 bits per heavy atom. The van der Waals surface area contributed by atoms with E-state index in [1.54, 1.807) is 4.90 Å². The highest BCUT2D eigenvalue weighted by molar-refractivity contribution is 5.95. The first-order valence-electron chi connectivity index (χ1n) is 8.93. The van der Waals surface area contributed by atoms with Crippen molar-refractivity contribution in [3.8, 4) is 0 Å². The summed E-state index contributed by atoms with van der Waals surface area (Å²) < 4.78 is 0. The van der Waals surface area contributed by atoms with Gasteiger partial charge in [-0.1, -0.05) is 31.4 Å². The second-order valence-electron chi connectivity index (χ2n) is 7.03. The predicted octanol–water partition coefficient (Wildman–Crippen LogP) is 2.69. The Morgan fingerprint density at radius 3 is 2.67 bits per heavy atom. The molecule has 2 fully saturated rings. The summed E-state index contributed by atoms with van der Waals surface area (Å²) in [5.41, 5.74) is 0.599. The van der Waals surface area contributed by atoms with E-state index < -0.39 is 5.60 Å². The Labute approximate surface area is 143 Å². The van der Waals surface area contributed by atoms with Crippen LogP contribution in [0, 0.1) is 0 Å². The van der Waals surface area contributed by atoms with Crippen LogP contribution >= 0.6 is 0 Å². The zero-order valence-electron chi connectivity index (χ0n) is 14.3. The van der Waals surface area contributed by atoms with Crippen molar-refractivity contribution in [3.63, 3.8) is 0 Å². The fourth-order valence-electron chi connectivity index (χ4n) is 3.66. The van der Waals surface area contributed by atoms with Gasteiger partial charge in [0, 0.05) is 18.7 Å². The summed E-state index contributed by atoms with van der Waals surface area (Å²) in [6.07, 6.45) is 5.43. The molecule has 3 rings (SSSR count). The van der Waals surface area contributed by atoms with Crippen LogP contribution in [-0.4, -0.2) is 29.1 Å². The van der Waals surface area contributed by atoms with E-state index in [0.717, 1.165) is 43.5 Å². The van der Waals surface area contributed by atoms with Crippen LogP contribution in [0.1, 0.15) is 63.5 Å². The molecule has 5 nitrogen and oxygen atoms in total. The molecule has 2 aliphatic rings. The molecular formula is C19H26N2O3. The first-order valence-corrected chi connectivity index (χ1v) is 8.93. The fraction of sp³-hybridized carbons (Fsp3) is 0.579. The monoisotopic (exact) mass is 330 g/mol. The third kappa shape index (κ3) is 3.46. The van der Waals surface area contributed by atoms with E-state index in [4.69, 9.17) is 0 Å². The Bertz CT molecular complexity index is 623. The maximum Gasteiger partial charge on any atom is 0.252 e. The third-order valence-corrected chi connectivity index (χ3v) is 5.21. The maximum atomic E-state index is 12.5. The SMILES string of the molecule is CC(NC(=O)C1(O)CCCCC1)c1cccc(N2CCCC2=O)c1. The molecular weight excluding hydrogens is 304 g/mol. The first kappa shape index (κ1) is 17.0. The highest BCUT2D eigenvalue weighted by Crippen LogP contribution is 2.30. The van der Waals surface area contributed by atoms with Crippen LogP contribution in [-0.2, 0) is 9.59 Å². The molecule has 0 bridgehead atoms. The van der Waals surface area contributed by atoms with Gasteiger partial charge in [-0.05, 0) is 43.9 Å². The number of aliphatic hydroxyl groups is 1. The van der Waals surface area contributed by atoms with Gasteiger partial charge in [0.2, 0.25) is 5.91 Å². The van der Waals surface area contributed by atoms with Gasteiger partial charge in [-0.3, -0.25) is 9.59 Å². The highest BCUT2D eigenvalue weighted by Gasteiger charge is 2.37. The van der Waals surface area contributed by atoms with Crippen molar-refractivity contribution < 1.29 is 14.7 Å². The number of nitrogens with zero attached hydrogens (tertiary/aromatic N) is 1. The largest absolute Gasteiger partial charge is 0.380 e. The smallest absolute Gasteiger partial charge is 0.252 e. The molecule has 1 atom stereocenters. The van der Waals surface area contributed by atoms with Crippen molar-refractivity contribution in [3.05, 3.63) is 29.8 Å². The molecule has 2 amide bonds. The van der Waals surface area contributed by atoms with Crippen molar-refractivity contribution in [2.24, 2.45) is 0 Å². The number of hydrogen-bond donors (Lipinski definition) is 2. The average Bonchev–Trinajstić information content (AvgIpc) is 3.01. The number of rotatable bonds is 4. The van der Waals surface area contributed by atoms with Crippen LogP contribution < -0.4 is 10.2 Å². The molecule has 24 heavy (non-hydrogen) atoms. The van der Waals surface area contributed by atoms with E-state index in [1.807, 2.05) is 31.2 Å². The topological polar surface area (TPSA) is 69.6 Å². The summed E-state index contributed by atoms with van der Waals surface area (Å²) in [7, 11) is 0. The summed E-state index contributed by atoms with van der Waals surface area (Å²) >= 11 is 0. The Morgan fingerprint density at radius 2 is 2.00 bits per heavy atom. The normalized spacial score (nSPS) is 21.6. The molecule has 1 aliphatic carbocycles. The Kier molecular flexibility index (Phi) is 4.90. The Hall–Kier alpha value is -1.88. The number of carbonyl (C=O) groups is 2. The second kappa shape index (κ2) is 6.93. The molecule has 1 saturated carbocycles. The van der Waals surface area contributed by atoms with Crippen molar-refractivity contribution in [2.75, 3.05) is 11.4 Å². The van der Waals surface area contributed by atoms with Crippen molar-refractivity contribution in [1.82, 2.24) is 5.32 Å². The lowest BCUT2D eigenvalue weighted by Gasteiger charge is -2.32. The number of benzene rings is 1. The molecule has 1 heterocycles. The van der Waals surface area contributed by atoms with Gasteiger partial charge in [-0.15, -0.1) is 0 Å². The molecule has 1 unspecified atom stereocenters. The summed E-state index contributed by atoms with van der Waals surface area (Å²) in [5, 5.41) is 13.5. The lowest BCUT2D eigenvalue weighted by molar-refractivity contribution is -0.143. The van der Waals surface area contributed by atoms with Gasteiger partial charge >= 0.3 is 0 Å². The molecule has 1 aliphatic heterocycles. The van der Waals surface area contributed by atoms with Gasteiger partial charge in [0.05, 0.1) is 6.04 Å². The predicted molar refractivity (Wildman–Crippen MR) is 92.6 cm³/mol. The van der Waals surface area contributed by atoms with Crippen molar-refractivity contribution in [1.29, 1.82) is 0 Å². The first-order chi connectivity index (χ1) is 11.5. The number of carbonyl (C=O) groups excluding carboxylic acids is 2. The maximum absolute atomic E-state index is 12.5. The van der Waals surface area contributed by atoms with Gasteiger partial charge in [-0.25, -0.2) is 0 Å². The minimum absolute atomic E-state index is 0.153. The van der Waals surface area contributed by atoms with Crippen LogP contribution in [0.25, 0.3) is 0 Å². The summed E-state index contributed by atoms with van der Waals surface area (Å²) in [5.74, 6) is -0.127. The van der Waals surface area contributed by atoms with Gasteiger partial charge < -0.3 is 15.3 Å². The molecule has 1 aromatic carbocycles. The van der Waals surface area contributed by atoms with E-state index >= 15 is 0 Å². The molecule has 0 aromatic heterocycles. The van der Waals surface area contributed by atoms with Crippen LogP contribution in [0.2, 0.25) is 0 Å². The molecule has 130 valence electrons. The summed E-state index contributed by atoms with van der Waals surface area (Å²) in [6, 6.07) is 7.53. The fourth-order valence-corrected chi connectivity index (χ4v) is 3.66. The summed E-state index contributed by atoms with van der Waals surface area (Å²) in [4.78, 5) is 26.2. The lowest BCUT2D eigenvalue weighted by atomic mass is 9.84. The van der Waals surface area contributed by atoms with Gasteiger partial charge in [0.1, 0.15) is 5.60 Å². The van der Waals surface area contributed by atoms with E-state index in [-0.39, 0.29) is 17.9 Å². The van der Waals surface area contributed by atoms with Gasteiger partial charge in [-0.2, -0.15) is 0 Å². The molecule has 5 heteroatoms. The number of hydrogen-bond acceptors (Lipinski definition) is 3. The Balaban J connectivity index is 1.69. The second-order valence-corrected chi connectivity index (χ2v) is 7.03. The minimum Gasteiger partial charge on any atom is -0.380 e. The van der Waals surface area contributed by atoms with E-state index in [1.165, 1.54) is 0 Å². The molecule has 1 saturated heterocycles. The number of amides is 2. The van der Waals surface area contributed by atoms with Crippen molar-refractivity contribution in [2.45, 2.75) is 63.5 Å². The van der Waals surface area contributed by atoms with Gasteiger partial charge in [0.25, 0.3) is 5.91 Å². The number of anilines is 1.